The van der Waals surface area contributed by atoms with Crippen molar-refractivity contribution in [2.75, 3.05) is 25.5 Å². The summed E-state index contributed by atoms with van der Waals surface area (Å²) in [4.78, 5) is 41.9. The van der Waals surface area contributed by atoms with Crippen LogP contribution in [0.4, 0.5) is 5.69 Å². The first-order valence-corrected chi connectivity index (χ1v) is 9.61. The fourth-order valence-corrected chi connectivity index (χ4v) is 2.94. The van der Waals surface area contributed by atoms with Crippen molar-refractivity contribution >= 4 is 57.6 Å². The molecule has 0 aliphatic carbocycles. The molecule has 0 radical (unpaired) electrons. The Morgan fingerprint density at radius 3 is 2.60 bits per heavy atom. The Hall–Kier alpha value is -3.16. The first kappa shape index (κ1) is 21.5. The number of fused-ring (bicyclic) bond motifs is 1. The highest BCUT2D eigenvalue weighted by molar-refractivity contribution is 6.33. The van der Waals surface area contributed by atoms with E-state index in [-0.39, 0.29) is 12.1 Å². The fraction of sp³-hybridized carbons (Fsp3) is 0.143. The number of ether oxygens (including phenoxy) is 1. The zero-order valence-corrected chi connectivity index (χ0v) is 17.4. The smallest absolute Gasteiger partial charge is 0.338 e. The molecule has 0 saturated heterocycles. The van der Waals surface area contributed by atoms with E-state index >= 15 is 0 Å². The fourth-order valence-electron chi connectivity index (χ4n) is 2.60. The molecule has 0 aliphatic rings. The summed E-state index contributed by atoms with van der Waals surface area (Å²) in [5, 5.41) is 4.08. The van der Waals surface area contributed by atoms with E-state index in [1.165, 1.54) is 7.05 Å². The molecule has 1 N–H and O–H groups in total. The van der Waals surface area contributed by atoms with Gasteiger partial charge in [0.15, 0.2) is 6.61 Å². The highest BCUT2D eigenvalue weighted by Crippen LogP contribution is 2.20. The maximum Gasteiger partial charge on any atom is 0.338 e. The number of benzene rings is 2. The number of hydrogen-bond donors (Lipinski definition) is 1. The Labute approximate surface area is 182 Å². The van der Waals surface area contributed by atoms with Crippen molar-refractivity contribution in [3.63, 3.8) is 0 Å². The Bertz CT molecular complexity index is 1120. The van der Waals surface area contributed by atoms with Crippen molar-refractivity contribution < 1.29 is 19.1 Å². The average Bonchev–Trinajstić information content (AvgIpc) is 2.72. The normalized spacial score (nSPS) is 10.5. The number of carbonyl (C=O) groups is 3. The summed E-state index contributed by atoms with van der Waals surface area (Å²) in [6, 6.07) is 14.9. The third-order valence-corrected chi connectivity index (χ3v) is 4.71. The van der Waals surface area contributed by atoms with E-state index < -0.39 is 24.4 Å². The number of hydrogen-bond acceptors (Lipinski definition) is 5. The Morgan fingerprint density at radius 1 is 1.07 bits per heavy atom. The van der Waals surface area contributed by atoms with Crippen molar-refractivity contribution in [2.45, 2.75) is 0 Å². The number of nitrogens with one attached hydrogen (secondary N) is 1. The van der Waals surface area contributed by atoms with E-state index in [2.05, 4.69) is 10.3 Å². The highest BCUT2D eigenvalue weighted by atomic mass is 35.5. The number of likely N-dealkylation sites (N-methyl/N-ethyl adjacent to an activating group) is 1. The van der Waals surface area contributed by atoms with Gasteiger partial charge in [-0.05, 0) is 42.5 Å². The molecule has 0 fully saturated rings. The number of carbonyl (C=O) groups excluding carboxylic acids is 3. The van der Waals surface area contributed by atoms with Gasteiger partial charge >= 0.3 is 5.97 Å². The molecule has 9 heteroatoms. The molecule has 0 aliphatic heterocycles. The number of para-hydroxylation sites is 1. The average molecular weight is 446 g/mol. The van der Waals surface area contributed by atoms with Gasteiger partial charge in [-0.15, -0.1) is 0 Å². The number of nitrogens with zero attached hydrogens (tertiary/aromatic N) is 2. The molecule has 2 aromatic carbocycles. The van der Waals surface area contributed by atoms with Crippen LogP contribution in [-0.2, 0) is 14.3 Å². The lowest BCUT2D eigenvalue weighted by molar-refractivity contribution is -0.136. The number of pyridine rings is 1. The summed E-state index contributed by atoms with van der Waals surface area (Å²) in [5.74, 6) is -1.60. The second kappa shape index (κ2) is 9.56. The van der Waals surface area contributed by atoms with Crippen LogP contribution in [0.3, 0.4) is 0 Å². The molecule has 0 unspecified atom stereocenters. The van der Waals surface area contributed by atoms with Crippen LogP contribution in [0.2, 0.25) is 10.2 Å². The molecule has 0 bridgehead atoms. The van der Waals surface area contributed by atoms with E-state index in [1.54, 1.807) is 54.6 Å². The largest absolute Gasteiger partial charge is 0.452 e. The van der Waals surface area contributed by atoms with E-state index in [0.29, 0.717) is 26.8 Å². The SMILES string of the molecule is CN(CC(=O)Nc1ccccc1Cl)C(=O)COC(=O)c1ccc2nc(Cl)ccc2c1. The zero-order valence-electron chi connectivity index (χ0n) is 15.9. The molecule has 154 valence electrons. The topological polar surface area (TPSA) is 88.6 Å². The second-order valence-electron chi connectivity index (χ2n) is 6.40. The number of anilines is 1. The first-order chi connectivity index (χ1) is 14.3. The Balaban J connectivity index is 1.53. The molecule has 3 aromatic rings. The lowest BCUT2D eigenvalue weighted by Gasteiger charge is -2.17. The van der Waals surface area contributed by atoms with Crippen molar-refractivity contribution in [3.05, 3.63) is 70.3 Å². The van der Waals surface area contributed by atoms with Gasteiger partial charge in [0.25, 0.3) is 5.91 Å². The van der Waals surface area contributed by atoms with Gasteiger partial charge in [-0.1, -0.05) is 35.3 Å². The quantitative estimate of drug-likeness (QED) is 0.460. The van der Waals surface area contributed by atoms with Gasteiger partial charge in [-0.3, -0.25) is 9.59 Å². The summed E-state index contributed by atoms with van der Waals surface area (Å²) >= 11 is 11.8. The number of esters is 1. The lowest BCUT2D eigenvalue weighted by atomic mass is 10.1. The molecule has 1 aromatic heterocycles. The van der Waals surface area contributed by atoms with Gasteiger partial charge in [-0.25, -0.2) is 9.78 Å². The third-order valence-electron chi connectivity index (χ3n) is 4.17. The van der Waals surface area contributed by atoms with Crippen molar-refractivity contribution in [1.29, 1.82) is 0 Å². The molecule has 7 nitrogen and oxygen atoms in total. The Kier molecular flexibility index (Phi) is 6.87. The summed E-state index contributed by atoms with van der Waals surface area (Å²) in [6.45, 7) is -0.713. The van der Waals surface area contributed by atoms with Crippen LogP contribution in [0.1, 0.15) is 10.4 Å². The first-order valence-electron chi connectivity index (χ1n) is 8.85. The van der Waals surface area contributed by atoms with Gasteiger partial charge in [0.05, 0.1) is 28.3 Å². The van der Waals surface area contributed by atoms with Gasteiger partial charge < -0.3 is 15.0 Å². The molecule has 3 rings (SSSR count). The second-order valence-corrected chi connectivity index (χ2v) is 7.19. The summed E-state index contributed by atoms with van der Waals surface area (Å²) in [6.07, 6.45) is 0. The summed E-state index contributed by atoms with van der Waals surface area (Å²) in [7, 11) is 1.44. The van der Waals surface area contributed by atoms with Gasteiger partial charge in [0.2, 0.25) is 5.91 Å². The maximum atomic E-state index is 12.2. The van der Waals surface area contributed by atoms with Gasteiger partial charge in [0.1, 0.15) is 5.15 Å². The molecule has 2 amide bonds. The third kappa shape index (κ3) is 5.46. The molecule has 0 spiro atoms. The highest BCUT2D eigenvalue weighted by Gasteiger charge is 2.17. The molecule has 0 atom stereocenters. The van der Waals surface area contributed by atoms with Crippen LogP contribution in [0.5, 0.6) is 0 Å². The van der Waals surface area contributed by atoms with E-state index in [4.69, 9.17) is 27.9 Å². The van der Waals surface area contributed by atoms with E-state index in [0.717, 1.165) is 4.90 Å². The number of rotatable bonds is 6. The minimum atomic E-state index is -0.658. The van der Waals surface area contributed by atoms with Crippen LogP contribution < -0.4 is 5.32 Å². The van der Waals surface area contributed by atoms with Crippen LogP contribution in [0.15, 0.2) is 54.6 Å². The van der Waals surface area contributed by atoms with Gasteiger partial charge in [-0.2, -0.15) is 0 Å². The van der Waals surface area contributed by atoms with Crippen LogP contribution in [0.25, 0.3) is 10.9 Å². The van der Waals surface area contributed by atoms with Crippen LogP contribution >= 0.6 is 23.2 Å². The van der Waals surface area contributed by atoms with Crippen LogP contribution in [-0.4, -0.2) is 47.9 Å². The minimum absolute atomic E-state index is 0.218. The molecule has 30 heavy (non-hydrogen) atoms. The zero-order chi connectivity index (χ0) is 21.7. The van der Waals surface area contributed by atoms with Crippen LogP contribution in [0, 0.1) is 0 Å². The predicted octanol–water partition coefficient (Wildman–Crippen LogP) is 3.80. The van der Waals surface area contributed by atoms with Gasteiger partial charge in [0, 0.05) is 12.4 Å². The molecular weight excluding hydrogens is 429 g/mol. The number of amides is 2. The van der Waals surface area contributed by atoms with E-state index in [1.807, 2.05) is 0 Å². The Morgan fingerprint density at radius 2 is 1.83 bits per heavy atom. The number of halogens is 2. The van der Waals surface area contributed by atoms with Crippen molar-refractivity contribution in [2.24, 2.45) is 0 Å². The number of aromatic nitrogens is 1. The standard InChI is InChI=1S/C21H17Cl2N3O4/c1-26(11-19(27)25-17-5-3-2-4-15(17)22)20(28)12-30-21(29)14-6-8-16-13(10-14)7-9-18(23)24-16/h2-10H,11-12H2,1H3,(H,25,27). The lowest BCUT2D eigenvalue weighted by Crippen LogP contribution is -2.37. The molecule has 1 heterocycles. The monoisotopic (exact) mass is 445 g/mol. The summed E-state index contributed by atoms with van der Waals surface area (Å²) < 4.78 is 5.07. The van der Waals surface area contributed by atoms with E-state index in [9.17, 15) is 14.4 Å². The molecular formula is C21H17Cl2N3O4. The molecule has 0 saturated carbocycles. The predicted molar refractivity (Wildman–Crippen MR) is 115 cm³/mol. The minimum Gasteiger partial charge on any atom is -0.452 e. The van der Waals surface area contributed by atoms with Crippen molar-refractivity contribution in [3.8, 4) is 0 Å². The summed E-state index contributed by atoms with van der Waals surface area (Å²) in [5.41, 5.74) is 1.36. The van der Waals surface area contributed by atoms with Crippen molar-refractivity contribution in [1.82, 2.24) is 9.88 Å². The maximum absolute atomic E-state index is 12.2.